The number of carbonyl (C=O) groups is 1. The zero-order valence-corrected chi connectivity index (χ0v) is 8.47. The monoisotopic (exact) mass is 239 g/mol. The summed E-state index contributed by atoms with van der Waals surface area (Å²) in [4.78, 5) is 10.6. The van der Waals surface area contributed by atoms with E-state index < -0.39 is 17.6 Å². The Bertz CT molecular complexity index is 568. The molecule has 5 nitrogen and oxygen atoms in total. The molecule has 1 aromatic heterocycles. The summed E-state index contributed by atoms with van der Waals surface area (Å²) < 4.78 is 27.4. The number of carboxylic acid groups (broad SMARTS) is 1. The minimum absolute atomic E-state index is 0.168. The molecular weight excluding hydrogens is 232 g/mol. The summed E-state index contributed by atoms with van der Waals surface area (Å²) in [6.07, 6.45) is 0.821. The Kier molecular flexibility index (Phi) is 2.82. The molecule has 0 fully saturated rings. The van der Waals surface area contributed by atoms with Crippen LogP contribution in [0.3, 0.4) is 0 Å². The molecule has 2 rings (SSSR count). The van der Waals surface area contributed by atoms with Gasteiger partial charge in [-0.05, 0) is 12.1 Å². The largest absolute Gasteiger partial charge is 0.481 e. The highest BCUT2D eigenvalue weighted by atomic mass is 19.1. The van der Waals surface area contributed by atoms with Gasteiger partial charge >= 0.3 is 5.97 Å². The summed E-state index contributed by atoms with van der Waals surface area (Å²) in [5.41, 5.74) is 0.000694. The van der Waals surface area contributed by atoms with Crippen LogP contribution in [0.2, 0.25) is 0 Å². The van der Waals surface area contributed by atoms with Crippen molar-refractivity contribution in [2.45, 2.75) is 6.42 Å². The zero-order valence-electron chi connectivity index (χ0n) is 8.47. The van der Waals surface area contributed by atoms with Crippen molar-refractivity contribution in [1.82, 2.24) is 15.0 Å². The number of aromatic nitrogens is 3. The highest BCUT2D eigenvalue weighted by Crippen LogP contribution is 2.15. The molecule has 0 bridgehead atoms. The third-order valence-electron chi connectivity index (χ3n) is 2.09. The quantitative estimate of drug-likeness (QED) is 0.873. The first-order valence-electron chi connectivity index (χ1n) is 4.64. The predicted octanol–water partition coefficient (Wildman–Crippen LogP) is 1.17. The van der Waals surface area contributed by atoms with E-state index in [2.05, 4.69) is 10.3 Å². The Morgan fingerprint density at radius 2 is 2.18 bits per heavy atom. The summed E-state index contributed by atoms with van der Waals surface area (Å²) in [5.74, 6) is -2.45. The zero-order chi connectivity index (χ0) is 12.4. The van der Waals surface area contributed by atoms with Gasteiger partial charge in [0.2, 0.25) is 0 Å². The normalized spacial score (nSPS) is 10.5. The second-order valence-corrected chi connectivity index (χ2v) is 3.30. The summed E-state index contributed by atoms with van der Waals surface area (Å²) in [6, 6.07) is 2.83. The van der Waals surface area contributed by atoms with Gasteiger partial charge in [0.05, 0.1) is 18.3 Å². The Labute approximate surface area is 94.3 Å². The molecule has 0 aliphatic carbocycles. The Morgan fingerprint density at radius 3 is 2.88 bits per heavy atom. The highest BCUT2D eigenvalue weighted by molar-refractivity contribution is 5.69. The fourth-order valence-corrected chi connectivity index (χ4v) is 1.38. The van der Waals surface area contributed by atoms with Crippen molar-refractivity contribution in [3.63, 3.8) is 0 Å². The average molecular weight is 239 g/mol. The topological polar surface area (TPSA) is 68.0 Å². The second-order valence-electron chi connectivity index (χ2n) is 3.30. The number of rotatable bonds is 3. The molecule has 0 amide bonds. The van der Waals surface area contributed by atoms with Crippen molar-refractivity contribution >= 4 is 5.97 Å². The maximum Gasteiger partial charge on any atom is 0.309 e. The summed E-state index contributed by atoms with van der Waals surface area (Å²) in [6.45, 7) is 0. The van der Waals surface area contributed by atoms with Crippen molar-refractivity contribution in [2.24, 2.45) is 0 Å². The molecular formula is C10H7F2N3O2. The average Bonchev–Trinajstić information content (AvgIpc) is 2.69. The van der Waals surface area contributed by atoms with E-state index in [1.54, 1.807) is 0 Å². The molecule has 0 spiro atoms. The molecule has 1 aromatic carbocycles. The van der Waals surface area contributed by atoms with Crippen LogP contribution in [0, 0.1) is 11.6 Å². The lowest BCUT2D eigenvalue weighted by atomic mass is 10.2. The third kappa shape index (κ3) is 2.27. The Balaban J connectivity index is 2.49. The molecule has 2 aromatic rings. The molecule has 0 aliphatic heterocycles. The van der Waals surface area contributed by atoms with Gasteiger partial charge in [0.25, 0.3) is 0 Å². The first-order chi connectivity index (χ1) is 8.08. The van der Waals surface area contributed by atoms with Gasteiger partial charge in [-0.1, -0.05) is 5.21 Å². The van der Waals surface area contributed by atoms with Crippen LogP contribution in [0.4, 0.5) is 8.78 Å². The maximum absolute atomic E-state index is 13.4. The predicted molar refractivity (Wildman–Crippen MR) is 52.6 cm³/mol. The van der Waals surface area contributed by atoms with Crippen LogP contribution in [0.25, 0.3) is 5.69 Å². The van der Waals surface area contributed by atoms with Gasteiger partial charge in [0.1, 0.15) is 17.3 Å². The summed E-state index contributed by atoms with van der Waals surface area (Å²) in [5, 5.41) is 15.7. The molecule has 0 atom stereocenters. The number of carboxylic acids is 1. The van der Waals surface area contributed by atoms with Crippen LogP contribution >= 0.6 is 0 Å². The second kappa shape index (κ2) is 4.28. The van der Waals surface area contributed by atoms with E-state index in [0.29, 0.717) is 0 Å². The van der Waals surface area contributed by atoms with Crippen molar-refractivity contribution in [3.05, 3.63) is 41.7 Å². The van der Waals surface area contributed by atoms with E-state index in [4.69, 9.17) is 5.11 Å². The molecule has 0 aliphatic rings. The molecule has 0 saturated carbocycles. The van der Waals surface area contributed by atoms with E-state index in [1.807, 2.05) is 0 Å². The van der Waals surface area contributed by atoms with Gasteiger partial charge in [0.15, 0.2) is 0 Å². The number of hydrogen-bond acceptors (Lipinski definition) is 3. The van der Waals surface area contributed by atoms with E-state index in [1.165, 1.54) is 6.20 Å². The fourth-order valence-electron chi connectivity index (χ4n) is 1.38. The number of benzene rings is 1. The van der Waals surface area contributed by atoms with E-state index >= 15 is 0 Å². The van der Waals surface area contributed by atoms with E-state index in [0.717, 1.165) is 22.9 Å². The smallest absolute Gasteiger partial charge is 0.309 e. The molecule has 0 unspecified atom stereocenters. The van der Waals surface area contributed by atoms with E-state index in [-0.39, 0.29) is 17.8 Å². The Morgan fingerprint density at radius 1 is 1.41 bits per heavy atom. The number of hydrogen-bond donors (Lipinski definition) is 1. The van der Waals surface area contributed by atoms with E-state index in [9.17, 15) is 13.6 Å². The molecule has 17 heavy (non-hydrogen) atoms. The van der Waals surface area contributed by atoms with Crippen molar-refractivity contribution in [3.8, 4) is 5.69 Å². The van der Waals surface area contributed by atoms with Crippen LogP contribution in [-0.4, -0.2) is 26.1 Å². The van der Waals surface area contributed by atoms with Crippen molar-refractivity contribution in [2.75, 3.05) is 0 Å². The number of halogens is 2. The summed E-state index contributed by atoms with van der Waals surface area (Å²) >= 11 is 0. The minimum atomic E-state index is -1.11. The van der Waals surface area contributed by atoms with Crippen LogP contribution in [0.1, 0.15) is 5.69 Å². The van der Waals surface area contributed by atoms with Gasteiger partial charge < -0.3 is 5.11 Å². The van der Waals surface area contributed by atoms with Crippen molar-refractivity contribution in [1.29, 1.82) is 0 Å². The van der Waals surface area contributed by atoms with Gasteiger partial charge in [-0.15, -0.1) is 5.10 Å². The number of aliphatic carboxylic acids is 1. The van der Waals surface area contributed by atoms with Crippen LogP contribution < -0.4 is 0 Å². The number of nitrogens with zero attached hydrogens (tertiary/aromatic N) is 3. The molecule has 0 radical (unpaired) electrons. The molecule has 7 heteroatoms. The van der Waals surface area contributed by atoms with Gasteiger partial charge in [-0.2, -0.15) is 0 Å². The molecule has 0 saturated heterocycles. The molecule has 1 N–H and O–H groups in total. The first-order valence-corrected chi connectivity index (χ1v) is 4.64. The van der Waals surface area contributed by atoms with Crippen molar-refractivity contribution < 1.29 is 18.7 Å². The lowest BCUT2D eigenvalue weighted by Gasteiger charge is -2.05. The lowest BCUT2D eigenvalue weighted by molar-refractivity contribution is -0.136. The minimum Gasteiger partial charge on any atom is -0.481 e. The van der Waals surface area contributed by atoms with Gasteiger partial charge in [0, 0.05) is 6.07 Å². The SMILES string of the molecule is O=C(O)Cc1cnnn1-c1cc(F)ccc1F. The van der Waals surface area contributed by atoms with Crippen LogP contribution in [0.5, 0.6) is 0 Å². The standard InChI is InChI=1S/C10H7F2N3O2/c11-6-1-2-8(12)9(3-6)15-7(4-10(16)17)5-13-14-15/h1-3,5H,4H2,(H,16,17). The first kappa shape index (κ1) is 11.2. The third-order valence-corrected chi connectivity index (χ3v) is 2.09. The molecule has 1 heterocycles. The Hall–Kier alpha value is -2.31. The molecule has 88 valence electrons. The van der Waals surface area contributed by atoms with Gasteiger partial charge in [-0.25, -0.2) is 13.5 Å². The van der Waals surface area contributed by atoms with Gasteiger partial charge in [-0.3, -0.25) is 4.79 Å². The highest BCUT2D eigenvalue weighted by Gasteiger charge is 2.13. The van der Waals surface area contributed by atoms with Crippen LogP contribution in [0.15, 0.2) is 24.4 Å². The maximum atomic E-state index is 13.4. The lowest BCUT2D eigenvalue weighted by Crippen LogP contribution is -2.09. The fraction of sp³-hybridized carbons (Fsp3) is 0.100. The van der Waals surface area contributed by atoms with Crippen LogP contribution in [-0.2, 0) is 11.2 Å². The summed E-state index contributed by atoms with van der Waals surface area (Å²) in [7, 11) is 0.